The van der Waals surface area contributed by atoms with Gasteiger partial charge < -0.3 is 14.8 Å². The first-order valence-corrected chi connectivity index (χ1v) is 7.31. The maximum absolute atomic E-state index is 11.8. The van der Waals surface area contributed by atoms with Crippen LogP contribution in [-0.2, 0) is 11.3 Å². The quantitative estimate of drug-likeness (QED) is 0.683. The van der Waals surface area contributed by atoms with E-state index in [9.17, 15) is 4.79 Å². The molecule has 4 heteroatoms. The second kappa shape index (κ2) is 6.48. The van der Waals surface area contributed by atoms with Gasteiger partial charge in [-0.15, -0.1) is 0 Å². The molecule has 1 aromatic rings. The first-order chi connectivity index (χ1) is 10.3. The van der Waals surface area contributed by atoms with E-state index in [0.717, 1.165) is 36.3 Å². The Morgan fingerprint density at radius 3 is 3.05 bits per heavy atom. The van der Waals surface area contributed by atoms with Crippen molar-refractivity contribution in [3.05, 3.63) is 48.1 Å². The number of ether oxygens (including phenoxy) is 2. The molecule has 4 nitrogen and oxygen atoms in total. The second-order valence-electron chi connectivity index (χ2n) is 5.31. The Morgan fingerprint density at radius 1 is 1.29 bits per heavy atom. The zero-order valence-electron chi connectivity index (χ0n) is 11.9. The van der Waals surface area contributed by atoms with Crippen molar-refractivity contribution in [1.29, 1.82) is 0 Å². The molecule has 0 bridgehead atoms. The number of hydrogen-bond donors (Lipinski definition) is 1. The number of hydrogen-bond acceptors (Lipinski definition) is 3. The lowest BCUT2D eigenvalue weighted by Crippen LogP contribution is -2.20. The Bertz CT molecular complexity index is 577. The summed E-state index contributed by atoms with van der Waals surface area (Å²) in [7, 11) is 0. The van der Waals surface area contributed by atoms with E-state index in [0.29, 0.717) is 12.5 Å². The van der Waals surface area contributed by atoms with Crippen molar-refractivity contribution in [1.82, 2.24) is 5.32 Å². The molecule has 0 radical (unpaired) electrons. The molecule has 0 aromatic heterocycles. The zero-order valence-corrected chi connectivity index (χ0v) is 11.9. The summed E-state index contributed by atoms with van der Waals surface area (Å²) in [6, 6.07) is 5.70. The van der Waals surface area contributed by atoms with Crippen molar-refractivity contribution in [3.8, 4) is 11.5 Å². The van der Waals surface area contributed by atoms with Crippen molar-refractivity contribution in [3.63, 3.8) is 0 Å². The van der Waals surface area contributed by atoms with Crippen LogP contribution in [0.25, 0.3) is 0 Å². The average molecular weight is 285 g/mol. The summed E-state index contributed by atoms with van der Waals surface area (Å²) >= 11 is 0. The number of carbonyl (C=O) groups is 1. The first-order valence-electron chi connectivity index (χ1n) is 7.31. The highest BCUT2D eigenvalue weighted by Crippen LogP contribution is 2.32. The van der Waals surface area contributed by atoms with Crippen molar-refractivity contribution < 1.29 is 14.3 Å². The van der Waals surface area contributed by atoms with E-state index in [1.807, 2.05) is 24.3 Å². The van der Waals surface area contributed by atoms with Gasteiger partial charge in [0.05, 0.1) is 0 Å². The third-order valence-electron chi connectivity index (χ3n) is 3.73. The van der Waals surface area contributed by atoms with E-state index in [2.05, 4.69) is 17.5 Å². The minimum atomic E-state index is -0.0535. The number of amides is 1. The molecule has 21 heavy (non-hydrogen) atoms. The third-order valence-corrected chi connectivity index (χ3v) is 3.73. The lowest BCUT2D eigenvalue weighted by Gasteiger charge is -2.12. The lowest BCUT2D eigenvalue weighted by atomic mass is 9.94. The van der Waals surface area contributed by atoms with Gasteiger partial charge in [-0.05, 0) is 49.0 Å². The predicted octanol–water partition coefficient (Wildman–Crippen LogP) is 2.94. The van der Waals surface area contributed by atoms with Crippen LogP contribution in [0.3, 0.4) is 0 Å². The molecule has 1 aliphatic heterocycles. The molecule has 1 atom stereocenters. The van der Waals surface area contributed by atoms with E-state index in [1.165, 1.54) is 0 Å². The molecule has 0 fully saturated rings. The number of allylic oxidation sites excluding steroid dienone is 3. The molecule has 1 heterocycles. The van der Waals surface area contributed by atoms with Crippen LogP contribution < -0.4 is 14.8 Å². The van der Waals surface area contributed by atoms with E-state index in [1.54, 1.807) is 6.08 Å². The minimum absolute atomic E-state index is 0.0535. The summed E-state index contributed by atoms with van der Waals surface area (Å²) in [6.07, 6.45) is 11.3. The largest absolute Gasteiger partial charge is 0.454 e. The summed E-state index contributed by atoms with van der Waals surface area (Å²) in [5.74, 6) is 1.94. The molecular weight excluding hydrogens is 266 g/mol. The topological polar surface area (TPSA) is 47.6 Å². The van der Waals surface area contributed by atoms with Gasteiger partial charge in [-0.3, -0.25) is 4.79 Å². The van der Waals surface area contributed by atoms with Crippen molar-refractivity contribution >= 4 is 5.91 Å². The van der Waals surface area contributed by atoms with Crippen LogP contribution in [0, 0.1) is 5.92 Å². The fourth-order valence-electron chi connectivity index (χ4n) is 2.51. The van der Waals surface area contributed by atoms with Crippen LogP contribution in [0.5, 0.6) is 11.5 Å². The molecule has 2 aliphatic rings. The molecule has 0 saturated heterocycles. The smallest absolute Gasteiger partial charge is 0.243 e. The highest BCUT2D eigenvalue weighted by Gasteiger charge is 2.13. The Balaban J connectivity index is 1.49. The fraction of sp³-hybridized carbons (Fsp3) is 0.353. The van der Waals surface area contributed by atoms with Gasteiger partial charge in [-0.25, -0.2) is 0 Å². The Kier molecular flexibility index (Phi) is 4.24. The van der Waals surface area contributed by atoms with Gasteiger partial charge in [0.15, 0.2) is 11.5 Å². The molecule has 0 spiro atoms. The van der Waals surface area contributed by atoms with Crippen LogP contribution in [-0.4, -0.2) is 12.7 Å². The van der Waals surface area contributed by atoms with Crippen molar-refractivity contribution in [2.24, 2.45) is 5.92 Å². The van der Waals surface area contributed by atoms with Crippen LogP contribution >= 0.6 is 0 Å². The van der Waals surface area contributed by atoms with Gasteiger partial charge in [-0.1, -0.05) is 24.3 Å². The maximum atomic E-state index is 11.8. The van der Waals surface area contributed by atoms with Crippen LogP contribution in [0.1, 0.15) is 24.8 Å². The molecule has 1 amide bonds. The minimum Gasteiger partial charge on any atom is -0.454 e. The highest BCUT2D eigenvalue weighted by atomic mass is 16.7. The number of carbonyl (C=O) groups excluding carboxylic acids is 1. The Hall–Kier alpha value is -2.23. The maximum Gasteiger partial charge on any atom is 0.243 e. The summed E-state index contributed by atoms with van der Waals surface area (Å²) in [5.41, 5.74) is 1.00. The average Bonchev–Trinajstić information content (AvgIpc) is 2.99. The number of rotatable bonds is 4. The van der Waals surface area contributed by atoms with Crippen LogP contribution in [0.4, 0.5) is 0 Å². The standard InChI is InChI=1S/C17H19NO3/c19-17(9-7-13-4-2-1-3-5-13)18-11-14-6-8-15-16(10-14)21-12-20-15/h1-2,6-10,13H,3-5,11-12H2,(H,18,19)/b9-7+. The first kappa shape index (κ1) is 13.7. The monoisotopic (exact) mass is 285 g/mol. The molecule has 1 aliphatic carbocycles. The molecule has 1 N–H and O–H groups in total. The van der Waals surface area contributed by atoms with Gasteiger partial charge in [0, 0.05) is 6.54 Å². The molecule has 110 valence electrons. The summed E-state index contributed by atoms with van der Waals surface area (Å²) in [6.45, 7) is 0.758. The van der Waals surface area contributed by atoms with Gasteiger partial charge in [0.25, 0.3) is 0 Å². The van der Waals surface area contributed by atoms with Crippen LogP contribution in [0.2, 0.25) is 0 Å². The molecule has 3 rings (SSSR count). The number of nitrogens with one attached hydrogen (secondary N) is 1. The SMILES string of the molecule is O=C(/C=C/C1CC=CCC1)NCc1ccc2c(c1)OCO2. The predicted molar refractivity (Wildman–Crippen MR) is 80.0 cm³/mol. The van der Waals surface area contributed by atoms with E-state index >= 15 is 0 Å². The Labute approximate surface area is 124 Å². The van der Waals surface area contributed by atoms with Crippen LogP contribution in [0.15, 0.2) is 42.5 Å². The van der Waals surface area contributed by atoms with Gasteiger partial charge in [-0.2, -0.15) is 0 Å². The highest BCUT2D eigenvalue weighted by molar-refractivity contribution is 5.87. The lowest BCUT2D eigenvalue weighted by molar-refractivity contribution is -0.116. The van der Waals surface area contributed by atoms with E-state index in [4.69, 9.17) is 9.47 Å². The fourth-order valence-corrected chi connectivity index (χ4v) is 2.51. The van der Waals surface area contributed by atoms with E-state index < -0.39 is 0 Å². The van der Waals surface area contributed by atoms with Crippen molar-refractivity contribution in [2.75, 3.05) is 6.79 Å². The van der Waals surface area contributed by atoms with Crippen molar-refractivity contribution in [2.45, 2.75) is 25.8 Å². The number of benzene rings is 1. The molecule has 1 aromatic carbocycles. The van der Waals surface area contributed by atoms with E-state index in [-0.39, 0.29) is 12.7 Å². The summed E-state index contributed by atoms with van der Waals surface area (Å²) in [4.78, 5) is 11.8. The van der Waals surface area contributed by atoms with Gasteiger partial charge in [0.1, 0.15) is 0 Å². The molecular formula is C17H19NO3. The zero-order chi connectivity index (χ0) is 14.5. The molecule has 1 unspecified atom stereocenters. The Morgan fingerprint density at radius 2 is 2.19 bits per heavy atom. The number of fused-ring (bicyclic) bond motifs is 1. The normalized spacial score (nSPS) is 19.9. The third kappa shape index (κ3) is 3.66. The second-order valence-corrected chi connectivity index (χ2v) is 5.31. The van der Waals surface area contributed by atoms with Gasteiger partial charge >= 0.3 is 0 Å². The van der Waals surface area contributed by atoms with Gasteiger partial charge in [0.2, 0.25) is 12.7 Å². The molecule has 0 saturated carbocycles. The summed E-state index contributed by atoms with van der Waals surface area (Å²) < 4.78 is 10.6. The summed E-state index contributed by atoms with van der Waals surface area (Å²) in [5, 5.41) is 2.89.